The van der Waals surface area contributed by atoms with Crippen LogP contribution < -0.4 is 4.74 Å². The Kier molecular flexibility index (Phi) is 2.88. The van der Waals surface area contributed by atoms with Gasteiger partial charge in [-0.25, -0.2) is 0 Å². The maximum absolute atomic E-state index is 11.1. The van der Waals surface area contributed by atoms with Crippen LogP contribution in [0, 0.1) is 5.41 Å². The monoisotopic (exact) mass is 248 g/mol. The molecule has 1 aromatic carbocycles. The van der Waals surface area contributed by atoms with Crippen LogP contribution in [-0.4, -0.2) is 16.7 Å². The minimum Gasteiger partial charge on any atom is -0.487 e. The molecule has 0 unspecified atom stereocenters. The average Bonchev–Trinajstić information content (AvgIpc) is 2.50. The van der Waals surface area contributed by atoms with E-state index in [1.807, 2.05) is 12.1 Å². The number of carboxylic acids is 1. The van der Waals surface area contributed by atoms with E-state index in [-0.39, 0.29) is 5.60 Å². The number of carboxylic acid groups (broad SMARTS) is 1. The topological polar surface area (TPSA) is 46.5 Å². The van der Waals surface area contributed by atoms with Crippen LogP contribution in [0.15, 0.2) is 18.2 Å². The van der Waals surface area contributed by atoms with Gasteiger partial charge in [0.25, 0.3) is 0 Å². The van der Waals surface area contributed by atoms with Crippen LogP contribution in [0.5, 0.6) is 5.75 Å². The molecule has 0 fully saturated rings. The molecule has 1 aliphatic heterocycles. The van der Waals surface area contributed by atoms with Gasteiger partial charge in [0, 0.05) is 6.42 Å². The fraction of sp³-hybridized carbons (Fsp3) is 0.533. The van der Waals surface area contributed by atoms with Gasteiger partial charge < -0.3 is 9.84 Å². The van der Waals surface area contributed by atoms with Gasteiger partial charge in [0.1, 0.15) is 11.4 Å². The number of rotatable bonds is 3. The van der Waals surface area contributed by atoms with Crippen molar-refractivity contribution in [3.8, 4) is 5.75 Å². The van der Waals surface area contributed by atoms with Crippen molar-refractivity contribution in [1.82, 2.24) is 0 Å². The van der Waals surface area contributed by atoms with Crippen molar-refractivity contribution in [2.45, 2.75) is 46.1 Å². The lowest BCUT2D eigenvalue weighted by Gasteiger charge is -2.19. The molecule has 0 saturated heterocycles. The van der Waals surface area contributed by atoms with Gasteiger partial charge in [-0.2, -0.15) is 0 Å². The molecule has 0 radical (unpaired) electrons. The van der Waals surface area contributed by atoms with E-state index in [0.29, 0.717) is 6.42 Å². The fourth-order valence-electron chi connectivity index (χ4n) is 2.33. The maximum Gasteiger partial charge on any atom is 0.309 e. The fourth-order valence-corrected chi connectivity index (χ4v) is 2.33. The Morgan fingerprint density at radius 2 is 2.11 bits per heavy atom. The summed E-state index contributed by atoms with van der Waals surface area (Å²) in [5.74, 6) is 0.128. The van der Waals surface area contributed by atoms with E-state index in [1.54, 1.807) is 13.8 Å². The molecule has 0 atom stereocenters. The number of ether oxygens (including phenoxy) is 1. The lowest BCUT2D eigenvalue weighted by molar-refractivity contribution is -0.146. The number of benzene rings is 1. The summed E-state index contributed by atoms with van der Waals surface area (Å²) in [6, 6.07) is 6.04. The molecular formula is C15H20O3. The Hall–Kier alpha value is -1.51. The van der Waals surface area contributed by atoms with Crippen molar-refractivity contribution in [3.63, 3.8) is 0 Å². The predicted octanol–water partition coefficient (Wildman–Crippen LogP) is 3.05. The minimum absolute atomic E-state index is 0.150. The molecule has 18 heavy (non-hydrogen) atoms. The van der Waals surface area contributed by atoms with Crippen LogP contribution in [0.1, 0.15) is 38.8 Å². The molecule has 0 aromatic heterocycles. The molecule has 3 nitrogen and oxygen atoms in total. The normalized spacial score (nSPS) is 17.1. The van der Waals surface area contributed by atoms with Crippen molar-refractivity contribution < 1.29 is 14.6 Å². The zero-order valence-electron chi connectivity index (χ0n) is 11.4. The summed E-state index contributed by atoms with van der Waals surface area (Å²) in [5, 5.41) is 9.15. The highest BCUT2D eigenvalue weighted by molar-refractivity contribution is 5.74. The molecule has 1 N–H and O–H groups in total. The smallest absolute Gasteiger partial charge is 0.309 e. The number of fused-ring (bicyclic) bond motifs is 1. The first-order valence-corrected chi connectivity index (χ1v) is 6.24. The molecule has 1 heterocycles. The molecule has 98 valence electrons. The standard InChI is InChI=1S/C15H20O3/c1-14(2,13(16)17)8-10-5-6-11-9-15(3,4)18-12(11)7-10/h5-7H,8-9H2,1-4H3,(H,16,17). The Bertz CT molecular complexity index is 487. The van der Waals surface area contributed by atoms with Gasteiger partial charge in [-0.1, -0.05) is 12.1 Å². The summed E-state index contributed by atoms with van der Waals surface area (Å²) in [6.07, 6.45) is 1.42. The SMILES string of the molecule is CC1(C)Cc2ccc(CC(C)(C)C(=O)O)cc2O1. The summed E-state index contributed by atoms with van der Waals surface area (Å²) in [6.45, 7) is 7.61. The molecule has 0 amide bonds. The molecule has 0 saturated carbocycles. The third-order valence-electron chi connectivity index (χ3n) is 3.36. The lowest BCUT2D eigenvalue weighted by atomic mass is 9.85. The van der Waals surface area contributed by atoms with E-state index >= 15 is 0 Å². The van der Waals surface area contributed by atoms with Crippen LogP contribution >= 0.6 is 0 Å². The molecular weight excluding hydrogens is 228 g/mol. The second kappa shape index (κ2) is 4.01. The molecule has 1 aromatic rings. The van der Waals surface area contributed by atoms with E-state index < -0.39 is 11.4 Å². The zero-order valence-corrected chi connectivity index (χ0v) is 11.4. The van der Waals surface area contributed by atoms with Crippen LogP contribution in [0.25, 0.3) is 0 Å². The second-order valence-electron chi connectivity index (χ2n) is 6.35. The first-order valence-electron chi connectivity index (χ1n) is 6.24. The number of hydrogen-bond donors (Lipinski definition) is 1. The third kappa shape index (κ3) is 2.50. The maximum atomic E-state index is 11.1. The summed E-state index contributed by atoms with van der Waals surface area (Å²) in [5.41, 5.74) is 1.32. The van der Waals surface area contributed by atoms with E-state index in [2.05, 4.69) is 19.9 Å². The van der Waals surface area contributed by atoms with Crippen LogP contribution in [-0.2, 0) is 17.6 Å². The Labute approximate surface area is 108 Å². The van der Waals surface area contributed by atoms with Gasteiger partial charge in [0.15, 0.2) is 0 Å². The molecule has 0 bridgehead atoms. The van der Waals surface area contributed by atoms with Crippen molar-refractivity contribution in [2.75, 3.05) is 0 Å². The molecule has 1 aliphatic rings. The average molecular weight is 248 g/mol. The van der Waals surface area contributed by atoms with E-state index in [0.717, 1.165) is 17.7 Å². The summed E-state index contributed by atoms with van der Waals surface area (Å²) < 4.78 is 5.86. The lowest BCUT2D eigenvalue weighted by Crippen LogP contribution is -2.26. The Morgan fingerprint density at radius 1 is 1.44 bits per heavy atom. The highest BCUT2D eigenvalue weighted by atomic mass is 16.5. The summed E-state index contributed by atoms with van der Waals surface area (Å²) >= 11 is 0. The predicted molar refractivity (Wildman–Crippen MR) is 70.0 cm³/mol. The van der Waals surface area contributed by atoms with E-state index in [1.165, 1.54) is 5.56 Å². The first kappa shape index (κ1) is 12.9. The van der Waals surface area contributed by atoms with Crippen molar-refractivity contribution in [3.05, 3.63) is 29.3 Å². The minimum atomic E-state index is -0.774. The van der Waals surface area contributed by atoms with Crippen LogP contribution in [0.2, 0.25) is 0 Å². The summed E-state index contributed by atoms with van der Waals surface area (Å²) in [7, 11) is 0. The van der Waals surface area contributed by atoms with E-state index in [9.17, 15) is 4.79 Å². The van der Waals surface area contributed by atoms with Crippen molar-refractivity contribution in [2.24, 2.45) is 5.41 Å². The Balaban J connectivity index is 2.22. The highest BCUT2D eigenvalue weighted by Gasteiger charge is 2.31. The van der Waals surface area contributed by atoms with Gasteiger partial charge in [-0.15, -0.1) is 0 Å². The zero-order chi connectivity index (χ0) is 13.6. The number of carbonyl (C=O) groups is 1. The van der Waals surface area contributed by atoms with Gasteiger partial charge in [-0.3, -0.25) is 4.79 Å². The number of aliphatic carboxylic acids is 1. The largest absolute Gasteiger partial charge is 0.487 e. The van der Waals surface area contributed by atoms with Crippen molar-refractivity contribution in [1.29, 1.82) is 0 Å². The van der Waals surface area contributed by atoms with Gasteiger partial charge in [0.05, 0.1) is 5.41 Å². The van der Waals surface area contributed by atoms with Crippen LogP contribution in [0.3, 0.4) is 0 Å². The van der Waals surface area contributed by atoms with Gasteiger partial charge in [0.2, 0.25) is 0 Å². The quantitative estimate of drug-likeness (QED) is 0.894. The number of hydrogen-bond acceptors (Lipinski definition) is 2. The summed E-state index contributed by atoms with van der Waals surface area (Å²) in [4.78, 5) is 11.1. The molecule has 2 rings (SSSR count). The van der Waals surface area contributed by atoms with E-state index in [4.69, 9.17) is 9.84 Å². The van der Waals surface area contributed by atoms with Crippen molar-refractivity contribution >= 4 is 5.97 Å². The molecule has 3 heteroatoms. The van der Waals surface area contributed by atoms with Gasteiger partial charge in [-0.05, 0) is 51.3 Å². The van der Waals surface area contributed by atoms with Crippen LogP contribution in [0.4, 0.5) is 0 Å². The third-order valence-corrected chi connectivity index (χ3v) is 3.36. The molecule has 0 aliphatic carbocycles. The second-order valence-corrected chi connectivity index (χ2v) is 6.35. The molecule has 0 spiro atoms. The Morgan fingerprint density at radius 3 is 2.72 bits per heavy atom. The highest BCUT2D eigenvalue weighted by Crippen LogP contribution is 2.36. The van der Waals surface area contributed by atoms with Gasteiger partial charge >= 0.3 is 5.97 Å². The first-order chi connectivity index (χ1) is 8.20.